The molecule has 2 heterocycles. The highest BCUT2D eigenvalue weighted by Crippen LogP contribution is 2.45. The Morgan fingerprint density at radius 1 is 1.00 bits per heavy atom. The number of benzene rings is 1. The summed E-state index contributed by atoms with van der Waals surface area (Å²) in [5.41, 5.74) is 4.83. The van der Waals surface area contributed by atoms with Crippen LogP contribution in [0.5, 0.6) is 0 Å². The van der Waals surface area contributed by atoms with Crippen LogP contribution in [0.3, 0.4) is 0 Å². The van der Waals surface area contributed by atoms with Crippen molar-refractivity contribution >= 4 is 34.7 Å². The molecule has 0 spiro atoms. The predicted molar refractivity (Wildman–Crippen MR) is 109 cm³/mol. The van der Waals surface area contributed by atoms with Crippen LogP contribution in [0, 0.1) is 0 Å². The van der Waals surface area contributed by atoms with Gasteiger partial charge in [-0.2, -0.15) is 11.3 Å². The molecule has 2 aromatic rings. The standard InChI is InChI=1S/C21H27NOS2/c1-5-8-15-10-18-19(11-16(15)9-6-2)25-20-13-24-12-17(20)21(23)22(18)14(4)7-3/h10-14H,5-9H2,1-4H3. The maximum Gasteiger partial charge on any atom is 0.260 e. The van der Waals surface area contributed by atoms with E-state index < -0.39 is 0 Å². The van der Waals surface area contributed by atoms with Crippen molar-refractivity contribution in [3.05, 3.63) is 39.6 Å². The van der Waals surface area contributed by atoms with Crippen molar-refractivity contribution in [3.63, 3.8) is 0 Å². The van der Waals surface area contributed by atoms with E-state index in [9.17, 15) is 4.79 Å². The monoisotopic (exact) mass is 373 g/mol. The Balaban J connectivity index is 2.19. The molecule has 1 amide bonds. The van der Waals surface area contributed by atoms with E-state index in [4.69, 9.17) is 0 Å². The SMILES string of the molecule is CCCc1cc2c(cc1CCC)N(C(C)CC)C(=O)c1cscc1S2. The average Bonchev–Trinajstić information content (AvgIpc) is 3.02. The van der Waals surface area contributed by atoms with Crippen molar-refractivity contribution in [1.82, 2.24) is 0 Å². The first-order valence-electron chi connectivity index (χ1n) is 9.34. The van der Waals surface area contributed by atoms with Gasteiger partial charge in [-0.1, -0.05) is 45.4 Å². The van der Waals surface area contributed by atoms with Gasteiger partial charge in [-0.3, -0.25) is 4.79 Å². The van der Waals surface area contributed by atoms with Crippen LogP contribution in [0.4, 0.5) is 5.69 Å². The molecule has 0 radical (unpaired) electrons. The third kappa shape index (κ3) is 3.52. The fourth-order valence-corrected chi connectivity index (χ4v) is 5.50. The second kappa shape index (κ2) is 7.96. The van der Waals surface area contributed by atoms with Gasteiger partial charge in [0.25, 0.3) is 5.91 Å². The largest absolute Gasteiger partial charge is 0.304 e. The number of hydrogen-bond acceptors (Lipinski definition) is 3. The summed E-state index contributed by atoms with van der Waals surface area (Å²) in [6.07, 6.45) is 5.42. The summed E-state index contributed by atoms with van der Waals surface area (Å²) in [7, 11) is 0. The van der Waals surface area contributed by atoms with Crippen molar-refractivity contribution in [3.8, 4) is 0 Å². The molecule has 2 nitrogen and oxygen atoms in total. The van der Waals surface area contributed by atoms with Crippen LogP contribution in [0.15, 0.2) is 32.7 Å². The molecule has 0 N–H and O–H groups in total. The van der Waals surface area contributed by atoms with Crippen LogP contribution in [0.2, 0.25) is 0 Å². The fourth-order valence-electron chi connectivity index (χ4n) is 3.43. The summed E-state index contributed by atoms with van der Waals surface area (Å²) < 4.78 is 0. The van der Waals surface area contributed by atoms with E-state index in [1.807, 2.05) is 10.3 Å². The lowest BCUT2D eigenvalue weighted by atomic mass is 9.98. The molecule has 25 heavy (non-hydrogen) atoms. The van der Waals surface area contributed by atoms with Gasteiger partial charge in [0, 0.05) is 26.6 Å². The number of thiophene rings is 1. The van der Waals surface area contributed by atoms with Crippen LogP contribution in [0.1, 0.15) is 68.4 Å². The van der Waals surface area contributed by atoms with Gasteiger partial charge in [-0.05, 0) is 49.4 Å². The van der Waals surface area contributed by atoms with Gasteiger partial charge in [0.2, 0.25) is 0 Å². The Kier molecular flexibility index (Phi) is 5.90. The zero-order valence-corrected chi connectivity index (χ0v) is 17.2. The van der Waals surface area contributed by atoms with Crippen LogP contribution < -0.4 is 4.90 Å². The van der Waals surface area contributed by atoms with E-state index >= 15 is 0 Å². The second-order valence-corrected chi connectivity index (χ2v) is 8.60. The molecule has 1 aromatic heterocycles. The van der Waals surface area contributed by atoms with Crippen LogP contribution in [0.25, 0.3) is 0 Å². The zero-order chi connectivity index (χ0) is 18.0. The summed E-state index contributed by atoms with van der Waals surface area (Å²) in [4.78, 5) is 17.6. The van der Waals surface area contributed by atoms with Gasteiger partial charge >= 0.3 is 0 Å². The van der Waals surface area contributed by atoms with Crippen LogP contribution in [-0.4, -0.2) is 11.9 Å². The minimum absolute atomic E-state index is 0.155. The molecule has 1 atom stereocenters. The second-order valence-electron chi connectivity index (χ2n) is 6.77. The fraction of sp³-hybridized carbons (Fsp3) is 0.476. The summed E-state index contributed by atoms with van der Waals surface area (Å²) in [6, 6.07) is 4.85. The van der Waals surface area contributed by atoms with E-state index in [1.54, 1.807) is 23.1 Å². The molecule has 134 valence electrons. The normalized spacial score (nSPS) is 14.9. The molecule has 0 bridgehead atoms. The van der Waals surface area contributed by atoms with Crippen molar-refractivity contribution in [2.24, 2.45) is 0 Å². The molecule has 0 saturated heterocycles. The van der Waals surface area contributed by atoms with Crippen molar-refractivity contribution in [2.75, 3.05) is 4.90 Å². The van der Waals surface area contributed by atoms with Crippen molar-refractivity contribution < 1.29 is 4.79 Å². The molecule has 1 aliphatic rings. The molecule has 0 aliphatic carbocycles. The zero-order valence-electron chi connectivity index (χ0n) is 15.6. The third-order valence-electron chi connectivity index (χ3n) is 4.91. The Morgan fingerprint density at radius 2 is 1.68 bits per heavy atom. The molecule has 0 fully saturated rings. The highest BCUT2D eigenvalue weighted by molar-refractivity contribution is 7.99. The van der Waals surface area contributed by atoms with Crippen molar-refractivity contribution in [2.45, 2.75) is 75.6 Å². The Bertz CT molecular complexity index is 765. The number of anilines is 1. The van der Waals surface area contributed by atoms with Crippen LogP contribution in [-0.2, 0) is 12.8 Å². The average molecular weight is 374 g/mol. The highest BCUT2D eigenvalue weighted by Gasteiger charge is 2.31. The summed E-state index contributed by atoms with van der Waals surface area (Å²) >= 11 is 3.38. The summed E-state index contributed by atoms with van der Waals surface area (Å²) in [5, 5.41) is 4.12. The lowest BCUT2D eigenvalue weighted by molar-refractivity contribution is 0.0975. The Hall–Kier alpha value is -1.26. The van der Waals surface area contributed by atoms with E-state index in [-0.39, 0.29) is 11.9 Å². The Morgan fingerprint density at radius 3 is 2.32 bits per heavy atom. The first-order chi connectivity index (χ1) is 12.1. The predicted octanol–water partition coefficient (Wildman–Crippen LogP) is 6.56. The summed E-state index contributed by atoms with van der Waals surface area (Å²) in [6.45, 7) is 8.78. The topological polar surface area (TPSA) is 20.3 Å². The molecular formula is C21H27NOS2. The van der Waals surface area contributed by atoms with Gasteiger partial charge in [-0.15, -0.1) is 0 Å². The molecule has 1 aromatic carbocycles. The molecule has 1 aliphatic heterocycles. The van der Waals surface area contributed by atoms with Gasteiger partial charge in [-0.25, -0.2) is 0 Å². The number of rotatable bonds is 6. The number of nitrogens with zero attached hydrogens (tertiary/aromatic N) is 1. The van der Waals surface area contributed by atoms with Gasteiger partial charge in [0.1, 0.15) is 0 Å². The van der Waals surface area contributed by atoms with Gasteiger partial charge in [0.15, 0.2) is 0 Å². The quantitative estimate of drug-likeness (QED) is 0.571. The minimum atomic E-state index is 0.155. The number of aryl methyl sites for hydroxylation is 2. The lowest BCUT2D eigenvalue weighted by Gasteiger charge is -2.29. The highest BCUT2D eigenvalue weighted by atomic mass is 32.2. The molecule has 0 saturated carbocycles. The number of carbonyl (C=O) groups is 1. The molecule has 3 rings (SSSR count). The maximum absolute atomic E-state index is 13.3. The van der Waals surface area contributed by atoms with Gasteiger partial charge in [0.05, 0.1) is 11.3 Å². The number of carbonyl (C=O) groups excluding carboxylic acids is 1. The first kappa shape index (κ1) is 18.5. The van der Waals surface area contributed by atoms with E-state index in [0.717, 1.165) is 48.3 Å². The summed E-state index contributed by atoms with van der Waals surface area (Å²) in [5.74, 6) is 0.155. The van der Waals surface area contributed by atoms with E-state index in [0.29, 0.717) is 0 Å². The van der Waals surface area contributed by atoms with Crippen molar-refractivity contribution in [1.29, 1.82) is 0 Å². The van der Waals surface area contributed by atoms with Crippen LogP contribution >= 0.6 is 23.1 Å². The van der Waals surface area contributed by atoms with E-state index in [2.05, 4.69) is 45.2 Å². The molecular weight excluding hydrogens is 346 g/mol. The van der Waals surface area contributed by atoms with E-state index in [1.165, 1.54) is 16.0 Å². The minimum Gasteiger partial charge on any atom is -0.304 e. The maximum atomic E-state index is 13.3. The Labute approximate surface area is 159 Å². The lowest BCUT2D eigenvalue weighted by Crippen LogP contribution is -2.38. The molecule has 1 unspecified atom stereocenters. The smallest absolute Gasteiger partial charge is 0.260 e. The number of hydrogen-bond donors (Lipinski definition) is 0. The number of amides is 1. The van der Waals surface area contributed by atoms with Gasteiger partial charge < -0.3 is 4.90 Å². The number of fused-ring (bicyclic) bond motifs is 2. The molecule has 4 heteroatoms. The first-order valence-corrected chi connectivity index (χ1v) is 11.1. The third-order valence-corrected chi connectivity index (χ3v) is 6.90.